The number of aryl methyl sites for hydroxylation is 1. The molecule has 0 bridgehead atoms. The summed E-state index contributed by atoms with van der Waals surface area (Å²) in [7, 11) is 0. The summed E-state index contributed by atoms with van der Waals surface area (Å²) in [6.07, 6.45) is 2.65. The maximum absolute atomic E-state index is 12.4. The summed E-state index contributed by atoms with van der Waals surface area (Å²) < 4.78 is 6.12. The van der Waals surface area contributed by atoms with Crippen LogP contribution in [0.4, 0.5) is 0 Å². The average Bonchev–Trinajstić information content (AvgIpc) is 2.48. The Morgan fingerprint density at radius 1 is 1.33 bits per heavy atom. The van der Waals surface area contributed by atoms with Crippen molar-refractivity contribution in [2.45, 2.75) is 13.8 Å². The first kappa shape index (κ1) is 13.2. The number of benzene rings is 1. The lowest BCUT2D eigenvalue weighted by Gasteiger charge is -2.07. The van der Waals surface area contributed by atoms with E-state index in [1.807, 2.05) is 25.1 Å². The molecule has 0 saturated heterocycles. The Morgan fingerprint density at radius 3 is 2.90 bits per heavy atom. The van der Waals surface area contributed by atoms with Gasteiger partial charge in [0.15, 0.2) is 0 Å². The molecule has 2 heterocycles. The third kappa shape index (κ3) is 2.05. The predicted molar refractivity (Wildman–Crippen MR) is 77.5 cm³/mol. The van der Waals surface area contributed by atoms with Gasteiger partial charge in [0.05, 0.1) is 12.1 Å². The van der Waals surface area contributed by atoms with Gasteiger partial charge in [-0.2, -0.15) is 0 Å². The number of nitrogens with zero attached hydrogens (tertiary/aromatic N) is 3. The molecule has 1 aromatic carbocycles. The van der Waals surface area contributed by atoms with E-state index >= 15 is 0 Å². The predicted octanol–water partition coefficient (Wildman–Crippen LogP) is 1.73. The molecule has 0 radical (unpaired) electrons. The highest BCUT2D eigenvalue weighted by Crippen LogP contribution is 2.18. The second-order valence-corrected chi connectivity index (χ2v) is 4.61. The van der Waals surface area contributed by atoms with Gasteiger partial charge in [-0.05, 0) is 25.5 Å². The SMILES string of the molecule is CCOC(=O)c1cnc2c3cccc(C)c3ncn2c1=O. The third-order valence-electron chi connectivity index (χ3n) is 3.27. The normalized spacial score (nSPS) is 11.0. The third-order valence-corrected chi connectivity index (χ3v) is 3.27. The van der Waals surface area contributed by atoms with Crippen LogP contribution in [0.25, 0.3) is 16.6 Å². The topological polar surface area (TPSA) is 73.6 Å². The van der Waals surface area contributed by atoms with Gasteiger partial charge in [0, 0.05) is 11.6 Å². The molecule has 0 aliphatic rings. The van der Waals surface area contributed by atoms with Crippen LogP contribution in [0.15, 0.2) is 35.5 Å². The van der Waals surface area contributed by atoms with Crippen LogP contribution in [-0.2, 0) is 4.74 Å². The van der Waals surface area contributed by atoms with Gasteiger partial charge < -0.3 is 4.74 Å². The molecule has 0 atom stereocenters. The number of hydrogen-bond donors (Lipinski definition) is 0. The minimum absolute atomic E-state index is 0.0943. The first-order chi connectivity index (χ1) is 10.1. The smallest absolute Gasteiger partial charge is 0.345 e. The number of rotatable bonds is 2. The number of carbonyl (C=O) groups excluding carboxylic acids is 1. The molecule has 6 nitrogen and oxygen atoms in total. The summed E-state index contributed by atoms with van der Waals surface area (Å²) >= 11 is 0. The van der Waals surface area contributed by atoms with E-state index in [0.717, 1.165) is 16.5 Å². The molecule has 0 unspecified atom stereocenters. The summed E-state index contributed by atoms with van der Waals surface area (Å²) in [5.74, 6) is -0.672. The monoisotopic (exact) mass is 283 g/mol. The minimum atomic E-state index is -0.672. The Labute approximate surface area is 120 Å². The number of fused-ring (bicyclic) bond motifs is 3. The number of hydrogen-bond acceptors (Lipinski definition) is 5. The molecule has 2 aromatic heterocycles. The molecule has 3 aromatic rings. The highest BCUT2D eigenvalue weighted by Gasteiger charge is 2.15. The fourth-order valence-electron chi connectivity index (χ4n) is 2.25. The molecule has 0 aliphatic heterocycles. The van der Waals surface area contributed by atoms with E-state index in [-0.39, 0.29) is 12.2 Å². The maximum Gasteiger partial charge on any atom is 0.345 e. The van der Waals surface area contributed by atoms with E-state index in [1.165, 1.54) is 16.9 Å². The zero-order chi connectivity index (χ0) is 15.0. The molecule has 106 valence electrons. The van der Waals surface area contributed by atoms with Crippen molar-refractivity contribution in [2.75, 3.05) is 6.61 Å². The van der Waals surface area contributed by atoms with Gasteiger partial charge in [-0.1, -0.05) is 12.1 Å². The molecule has 0 amide bonds. The van der Waals surface area contributed by atoms with Crippen molar-refractivity contribution in [3.63, 3.8) is 0 Å². The Morgan fingerprint density at radius 2 is 2.14 bits per heavy atom. The quantitative estimate of drug-likeness (QED) is 0.529. The van der Waals surface area contributed by atoms with Gasteiger partial charge in [0.1, 0.15) is 17.5 Å². The van der Waals surface area contributed by atoms with Crippen LogP contribution in [0.3, 0.4) is 0 Å². The van der Waals surface area contributed by atoms with Crippen molar-refractivity contribution in [3.8, 4) is 0 Å². The Hall–Kier alpha value is -2.76. The largest absolute Gasteiger partial charge is 0.462 e. The van der Waals surface area contributed by atoms with E-state index in [0.29, 0.717) is 5.65 Å². The van der Waals surface area contributed by atoms with Crippen LogP contribution in [0.2, 0.25) is 0 Å². The number of esters is 1. The van der Waals surface area contributed by atoms with Crippen molar-refractivity contribution in [2.24, 2.45) is 0 Å². The van der Waals surface area contributed by atoms with E-state index in [2.05, 4.69) is 9.97 Å². The van der Waals surface area contributed by atoms with E-state index < -0.39 is 11.5 Å². The summed E-state index contributed by atoms with van der Waals surface area (Å²) in [5, 5.41) is 0.769. The lowest BCUT2D eigenvalue weighted by molar-refractivity contribution is 0.0523. The van der Waals surface area contributed by atoms with Crippen molar-refractivity contribution in [1.29, 1.82) is 0 Å². The summed E-state index contributed by atoms with van der Waals surface area (Å²) in [5.41, 5.74) is 1.69. The van der Waals surface area contributed by atoms with Gasteiger partial charge in [-0.15, -0.1) is 0 Å². The molecular formula is C15H13N3O3. The standard InChI is InChI=1S/C15H13N3O3/c1-3-21-15(20)11-7-16-13-10-6-4-5-9(2)12(10)17-8-18(13)14(11)19/h4-8H,3H2,1-2H3. The molecule has 0 aliphatic carbocycles. The second kappa shape index (κ2) is 4.97. The van der Waals surface area contributed by atoms with Gasteiger partial charge in [0.2, 0.25) is 0 Å². The average molecular weight is 283 g/mol. The molecule has 0 fully saturated rings. The Kier molecular flexibility index (Phi) is 3.13. The molecule has 6 heteroatoms. The highest BCUT2D eigenvalue weighted by molar-refractivity contribution is 5.94. The molecule has 3 rings (SSSR count). The van der Waals surface area contributed by atoms with Crippen LogP contribution in [-0.4, -0.2) is 26.9 Å². The summed E-state index contributed by atoms with van der Waals surface area (Å²) in [6, 6.07) is 5.67. The Balaban J connectivity index is 2.34. The molecule has 0 saturated carbocycles. The zero-order valence-corrected chi connectivity index (χ0v) is 11.7. The number of ether oxygens (including phenoxy) is 1. The number of carbonyl (C=O) groups is 1. The van der Waals surface area contributed by atoms with E-state index in [4.69, 9.17) is 4.74 Å². The van der Waals surface area contributed by atoms with Crippen LogP contribution >= 0.6 is 0 Å². The van der Waals surface area contributed by atoms with Crippen molar-refractivity contribution in [3.05, 3.63) is 52.2 Å². The maximum atomic E-state index is 12.4. The fraction of sp³-hybridized carbons (Fsp3) is 0.200. The van der Waals surface area contributed by atoms with Gasteiger partial charge in [-0.3, -0.25) is 4.79 Å². The summed E-state index contributed by atoms with van der Waals surface area (Å²) in [6.45, 7) is 3.83. The van der Waals surface area contributed by atoms with E-state index in [9.17, 15) is 9.59 Å². The first-order valence-electron chi connectivity index (χ1n) is 6.56. The zero-order valence-electron chi connectivity index (χ0n) is 11.7. The Bertz CT molecular complexity index is 915. The van der Waals surface area contributed by atoms with Gasteiger partial charge in [-0.25, -0.2) is 19.2 Å². The second-order valence-electron chi connectivity index (χ2n) is 4.61. The van der Waals surface area contributed by atoms with E-state index in [1.54, 1.807) is 6.92 Å². The van der Waals surface area contributed by atoms with Gasteiger partial charge in [0.25, 0.3) is 5.56 Å². The highest BCUT2D eigenvalue weighted by atomic mass is 16.5. The number of para-hydroxylation sites is 1. The van der Waals surface area contributed by atoms with Gasteiger partial charge >= 0.3 is 5.97 Å². The van der Waals surface area contributed by atoms with Crippen LogP contribution in [0, 0.1) is 6.92 Å². The van der Waals surface area contributed by atoms with Crippen LogP contribution < -0.4 is 5.56 Å². The molecule has 0 N–H and O–H groups in total. The molecule has 21 heavy (non-hydrogen) atoms. The van der Waals surface area contributed by atoms with Crippen LogP contribution in [0.1, 0.15) is 22.8 Å². The number of aromatic nitrogens is 3. The lowest BCUT2D eigenvalue weighted by Crippen LogP contribution is -2.24. The van der Waals surface area contributed by atoms with Crippen molar-refractivity contribution in [1.82, 2.24) is 14.4 Å². The van der Waals surface area contributed by atoms with Crippen molar-refractivity contribution < 1.29 is 9.53 Å². The lowest BCUT2D eigenvalue weighted by atomic mass is 10.1. The minimum Gasteiger partial charge on any atom is -0.462 e. The first-order valence-corrected chi connectivity index (χ1v) is 6.56. The molecular weight excluding hydrogens is 270 g/mol. The summed E-state index contributed by atoms with van der Waals surface area (Å²) in [4.78, 5) is 32.6. The fourth-order valence-corrected chi connectivity index (χ4v) is 2.25. The molecule has 0 spiro atoms. The van der Waals surface area contributed by atoms with Crippen molar-refractivity contribution >= 4 is 22.5 Å². The van der Waals surface area contributed by atoms with Crippen LogP contribution in [0.5, 0.6) is 0 Å².